The van der Waals surface area contributed by atoms with Gasteiger partial charge in [-0.3, -0.25) is 0 Å². The summed E-state index contributed by atoms with van der Waals surface area (Å²) in [6, 6.07) is 9.61. The average molecular weight is 272 g/mol. The highest BCUT2D eigenvalue weighted by Gasteiger charge is 2.30. The number of hydrogen-bond donors (Lipinski definition) is 1. The molecule has 0 radical (unpaired) electrons. The molecule has 0 fully saturated rings. The van der Waals surface area contributed by atoms with E-state index < -0.39 is 6.10 Å². The van der Waals surface area contributed by atoms with E-state index in [0.717, 1.165) is 35.5 Å². The normalized spacial score (nSPS) is 17.6. The highest BCUT2D eigenvalue weighted by molar-refractivity contribution is 5.43. The summed E-state index contributed by atoms with van der Waals surface area (Å²) in [6.07, 6.45) is 0.976. The van der Waals surface area contributed by atoms with E-state index in [9.17, 15) is 5.11 Å². The van der Waals surface area contributed by atoms with Gasteiger partial charge in [-0.1, -0.05) is 13.0 Å². The minimum atomic E-state index is -0.718. The van der Waals surface area contributed by atoms with Gasteiger partial charge >= 0.3 is 0 Å². The lowest BCUT2D eigenvalue weighted by molar-refractivity contribution is 0.138. The molecular weight excluding hydrogens is 252 g/mol. The second kappa shape index (κ2) is 4.67. The van der Waals surface area contributed by atoms with E-state index in [0.29, 0.717) is 5.76 Å². The monoisotopic (exact) mass is 272 g/mol. The fraction of sp³-hybridized carbons (Fsp3) is 0.412. The number of benzene rings is 1. The first-order valence-electron chi connectivity index (χ1n) is 7.07. The summed E-state index contributed by atoms with van der Waals surface area (Å²) >= 11 is 0. The third kappa shape index (κ3) is 2.34. The van der Waals surface area contributed by atoms with Gasteiger partial charge in [0.15, 0.2) is 0 Å². The van der Waals surface area contributed by atoms with E-state index >= 15 is 0 Å². The minimum absolute atomic E-state index is 0.161. The van der Waals surface area contributed by atoms with E-state index in [-0.39, 0.29) is 5.60 Å². The summed E-state index contributed by atoms with van der Waals surface area (Å²) in [6.45, 7) is 6.18. The lowest BCUT2D eigenvalue weighted by atomic mass is 9.98. The Hall–Kier alpha value is -1.74. The maximum Gasteiger partial charge on any atom is 0.137 e. The van der Waals surface area contributed by atoms with Gasteiger partial charge < -0.3 is 14.3 Å². The maximum absolute atomic E-state index is 10.4. The summed E-state index contributed by atoms with van der Waals surface area (Å²) in [4.78, 5) is 0. The quantitative estimate of drug-likeness (QED) is 0.927. The molecular formula is C17H20O3. The molecule has 1 aromatic heterocycles. The Labute approximate surface area is 119 Å². The molecule has 20 heavy (non-hydrogen) atoms. The molecule has 0 bridgehead atoms. The lowest BCUT2D eigenvalue weighted by Crippen LogP contribution is -2.24. The molecule has 0 saturated heterocycles. The van der Waals surface area contributed by atoms with Gasteiger partial charge in [0.05, 0.1) is 0 Å². The summed E-state index contributed by atoms with van der Waals surface area (Å²) < 4.78 is 11.5. The molecule has 1 aliphatic heterocycles. The molecule has 0 saturated carbocycles. The average Bonchev–Trinajstić information content (AvgIpc) is 2.98. The van der Waals surface area contributed by atoms with Crippen molar-refractivity contribution in [1.82, 2.24) is 0 Å². The van der Waals surface area contributed by atoms with Crippen molar-refractivity contribution in [3.63, 3.8) is 0 Å². The van der Waals surface area contributed by atoms with Crippen LogP contribution in [0.4, 0.5) is 0 Å². The van der Waals surface area contributed by atoms with E-state index in [1.807, 2.05) is 37.3 Å². The molecule has 106 valence electrons. The zero-order valence-electron chi connectivity index (χ0n) is 12.1. The van der Waals surface area contributed by atoms with E-state index in [1.165, 1.54) is 0 Å². The Bertz CT molecular complexity index is 625. The summed E-state index contributed by atoms with van der Waals surface area (Å²) in [7, 11) is 0. The van der Waals surface area contributed by atoms with Crippen molar-refractivity contribution in [3.8, 4) is 5.75 Å². The first-order chi connectivity index (χ1) is 9.48. The van der Waals surface area contributed by atoms with Crippen LogP contribution < -0.4 is 4.74 Å². The topological polar surface area (TPSA) is 42.6 Å². The minimum Gasteiger partial charge on any atom is -0.487 e. The van der Waals surface area contributed by atoms with Crippen molar-refractivity contribution in [1.29, 1.82) is 0 Å². The molecule has 1 aromatic carbocycles. The molecule has 1 atom stereocenters. The first-order valence-corrected chi connectivity index (χ1v) is 7.07. The van der Waals surface area contributed by atoms with Gasteiger partial charge in [-0.15, -0.1) is 0 Å². The number of aliphatic hydroxyl groups is 1. The van der Waals surface area contributed by atoms with Gasteiger partial charge in [0.1, 0.15) is 29.0 Å². The van der Waals surface area contributed by atoms with Crippen LogP contribution in [-0.4, -0.2) is 10.7 Å². The van der Waals surface area contributed by atoms with Crippen molar-refractivity contribution in [2.24, 2.45) is 0 Å². The fourth-order valence-electron chi connectivity index (χ4n) is 2.70. The molecule has 0 spiro atoms. The van der Waals surface area contributed by atoms with Crippen molar-refractivity contribution < 1.29 is 14.3 Å². The number of fused-ring (bicyclic) bond motifs is 1. The molecule has 0 amide bonds. The van der Waals surface area contributed by atoms with Crippen LogP contribution in [0.3, 0.4) is 0 Å². The van der Waals surface area contributed by atoms with Crippen molar-refractivity contribution >= 4 is 0 Å². The van der Waals surface area contributed by atoms with Gasteiger partial charge in [-0.2, -0.15) is 0 Å². The third-order valence-corrected chi connectivity index (χ3v) is 3.70. The van der Waals surface area contributed by atoms with Crippen LogP contribution in [0.1, 0.15) is 49.5 Å². The molecule has 3 nitrogen and oxygen atoms in total. The number of aryl methyl sites for hydroxylation is 1. The van der Waals surface area contributed by atoms with E-state index in [2.05, 4.69) is 13.8 Å². The van der Waals surface area contributed by atoms with Gasteiger partial charge in [-0.05, 0) is 49.2 Å². The molecule has 1 unspecified atom stereocenters. The molecule has 2 aromatic rings. The van der Waals surface area contributed by atoms with Crippen LogP contribution >= 0.6 is 0 Å². The first kappa shape index (κ1) is 13.3. The molecule has 0 aliphatic carbocycles. The molecule has 3 heteroatoms. The summed E-state index contributed by atoms with van der Waals surface area (Å²) in [5, 5.41) is 10.4. The maximum atomic E-state index is 10.4. The smallest absolute Gasteiger partial charge is 0.137 e. The molecule has 1 N–H and O–H groups in total. The van der Waals surface area contributed by atoms with Crippen molar-refractivity contribution in [3.05, 3.63) is 53.0 Å². The standard InChI is InChI=1S/C17H20O3/c1-4-13-6-8-15(19-13)16(18)11-5-7-14-12(9-11)10-17(2,3)20-14/h5-9,16,18H,4,10H2,1-3H3. The fourth-order valence-corrected chi connectivity index (χ4v) is 2.70. The second-order valence-corrected chi connectivity index (χ2v) is 5.97. The van der Waals surface area contributed by atoms with Gasteiger partial charge in [0.2, 0.25) is 0 Å². The Morgan fingerprint density at radius 1 is 1.25 bits per heavy atom. The Morgan fingerprint density at radius 2 is 2.05 bits per heavy atom. The zero-order chi connectivity index (χ0) is 14.3. The Balaban J connectivity index is 1.88. The zero-order valence-corrected chi connectivity index (χ0v) is 12.1. The highest BCUT2D eigenvalue weighted by atomic mass is 16.5. The van der Waals surface area contributed by atoms with Crippen LogP contribution in [-0.2, 0) is 12.8 Å². The number of aliphatic hydroxyl groups excluding tert-OH is 1. The number of hydrogen-bond acceptors (Lipinski definition) is 3. The van der Waals surface area contributed by atoms with E-state index in [1.54, 1.807) is 0 Å². The molecule has 2 heterocycles. The molecule has 3 rings (SSSR count). The molecule has 1 aliphatic rings. The van der Waals surface area contributed by atoms with Crippen molar-refractivity contribution in [2.75, 3.05) is 0 Å². The predicted octanol–water partition coefficient (Wildman–Crippen LogP) is 3.64. The summed E-state index contributed by atoms with van der Waals surface area (Å²) in [5.74, 6) is 2.41. The van der Waals surface area contributed by atoms with Gasteiger partial charge in [0, 0.05) is 12.8 Å². The van der Waals surface area contributed by atoms with Crippen LogP contribution in [0.2, 0.25) is 0 Å². The summed E-state index contributed by atoms with van der Waals surface area (Å²) in [5.41, 5.74) is 1.84. The lowest BCUT2D eigenvalue weighted by Gasteiger charge is -2.16. The number of furan rings is 1. The highest BCUT2D eigenvalue weighted by Crippen LogP contribution is 2.37. The number of ether oxygens (including phenoxy) is 1. The second-order valence-electron chi connectivity index (χ2n) is 5.97. The largest absolute Gasteiger partial charge is 0.487 e. The van der Waals surface area contributed by atoms with Crippen molar-refractivity contribution in [2.45, 2.75) is 45.3 Å². The van der Waals surface area contributed by atoms with E-state index in [4.69, 9.17) is 9.15 Å². The van der Waals surface area contributed by atoms with Crippen LogP contribution in [0.15, 0.2) is 34.7 Å². The Kier molecular flexibility index (Phi) is 3.09. The van der Waals surface area contributed by atoms with Crippen LogP contribution in [0, 0.1) is 0 Å². The SMILES string of the molecule is CCc1ccc(C(O)c2ccc3c(c2)CC(C)(C)O3)o1. The van der Waals surface area contributed by atoms with Crippen LogP contribution in [0.5, 0.6) is 5.75 Å². The van der Waals surface area contributed by atoms with Crippen LogP contribution in [0.25, 0.3) is 0 Å². The number of rotatable bonds is 3. The third-order valence-electron chi connectivity index (χ3n) is 3.70. The van der Waals surface area contributed by atoms with Gasteiger partial charge in [-0.25, -0.2) is 0 Å². The predicted molar refractivity (Wildman–Crippen MR) is 77.0 cm³/mol. The Morgan fingerprint density at radius 3 is 2.75 bits per heavy atom. The van der Waals surface area contributed by atoms with Gasteiger partial charge in [0.25, 0.3) is 0 Å².